The molecule has 0 fully saturated rings. The molecule has 17 heavy (non-hydrogen) atoms. The standard InChI is InChI=1S/C14H18N2O/c1-10(17-2)8-13(15)11-5-6-14-12(9-11)4-3-7-16-14/h3-7,9-10,13H,8,15H2,1-2H3. The Morgan fingerprint density at radius 1 is 1.35 bits per heavy atom. The van der Waals surface area contributed by atoms with Gasteiger partial charge in [0, 0.05) is 24.7 Å². The summed E-state index contributed by atoms with van der Waals surface area (Å²) >= 11 is 0. The van der Waals surface area contributed by atoms with E-state index in [0.29, 0.717) is 0 Å². The lowest BCUT2D eigenvalue weighted by atomic mass is 10.0. The van der Waals surface area contributed by atoms with E-state index in [0.717, 1.165) is 22.9 Å². The molecule has 2 N–H and O–H groups in total. The number of pyridine rings is 1. The Morgan fingerprint density at radius 3 is 2.94 bits per heavy atom. The molecule has 3 nitrogen and oxygen atoms in total. The van der Waals surface area contributed by atoms with Crippen molar-refractivity contribution in [1.82, 2.24) is 4.98 Å². The van der Waals surface area contributed by atoms with Crippen molar-refractivity contribution in [3.63, 3.8) is 0 Å². The van der Waals surface area contributed by atoms with E-state index < -0.39 is 0 Å². The molecule has 2 rings (SSSR count). The molecule has 0 aliphatic carbocycles. The molecular weight excluding hydrogens is 212 g/mol. The number of ether oxygens (including phenoxy) is 1. The topological polar surface area (TPSA) is 48.1 Å². The Balaban J connectivity index is 2.23. The second-order valence-corrected chi connectivity index (χ2v) is 4.34. The summed E-state index contributed by atoms with van der Waals surface area (Å²) in [6.45, 7) is 2.03. The fourth-order valence-electron chi connectivity index (χ4n) is 1.91. The molecule has 0 amide bonds. The number of hydrogen-bond acceptors (Lipinski definition) is 3. The van der Waals surface area contributed by atoms with Gasteiger partial charge in [-0.25, -0.2) is 0 Å². The molecule has 1 heterocycles. The summed E-state index contributed by atoms with van der Waals surface area (Å²) < 4.78 is 5.24. The molecule has 0 saturated heterocycles. The normalized spacial score (nSPS) is 14.8. The van der Waals surface area contributed by atoms with Gasteiger partial charge in [0.05, 0.1) is 11.6 Å². The fraction of sp³-hybridized carbons (Fsp3) is 0.357. The minimum atomic E-state index is 0.00885. The van der Waals surface area contributed by atoms with Crippen molar-refractivity contribution < 1.29 is 4.74 Å². The van der Waals surface area contributed by atoms with Gasteiger partial charge in [0.25, 0.3) is 0 Å². The van der Waals surface area contributed by atoms with Crippen LogP contribution in [0.25, 0.3) is 10.9 Å². The largest absolute Gasteiger partial charge is 0.382 e. The van der Waals surface area contributed by atoms with E-state index in [1.54, 1.807) is 13.3 Å². The summed E-state index contributed by atoms with van der Waals surface area (Å²) in [6, 6.07) is 10.2. The Kier molecular flexibility index (Phi) is 3.71. The van der Waals surface area contributed by atoms with Crippen molar-refractivity contribution in [2.75, 3.05) is 7.11 Å². The van der Waals surface area contributed by atoms with Gasteiger partial charge in [0.1, 0.15) is 0 Å². The van der Waals surface area contributed by atoms with Crippen LogP contribution in [0.15, 0.2) is 36.5 Å². The van der Waals surface area contributed by atoms with Crippen molar-refractivity contribution in [2.24, 2.45) is 5.73 Å². The summed E-state index contributed by atoms with van der Waals surface area (Å²) in [4.78, 5) is 4.29. The number of aromatic nitrogens is 1. The number of nitrogens with zero attached hydrogens (tertiary/aromatic N) is 1. The number of rotatable bonds is 4. The summed E-state index contributed by atoms with van der Waals surface area (Å²) in [5, 5.41) is 1.13. The molecule has 0 radical (unpaired) electrons. The average Bonchev–Trinajstić information content (AvgIpc) is 2.38. The molecule has 1 aromatic heterocycles. The molecule has 2 unspecified atom stereocenters. The summed E-state index contributed by atoms with van der Waals surface area (Å²) in [5.74, 6) is 0. The zero-order valence-corrected chi connectivity index (χ0v) is 10.3. The maximum Gasteiger partial charge on any atom is 0.0702 e. The fourth-order valence-corrected chi connectivity index (χ4v) is 1.91. The first-order chi connectivity index (χ1) is 8.20. The van der Waals surface area contributed by atoms with Gasteiger partial charge in [-0.1, -0.05) is 12.1 Å². The third-order valence-corrected chi connectivity index (χ3v) is 3.04. The highest BCUT2D eigenvalue weighted by Gasteiger charge is 2.11. The van der Waals surface area contributed by atoms with E-state index >= 15 is 0 Å². The van der Waals surface area contributed by atoms with Gasteiger partial charge in [-0.15, -0.1) is 0 Å². The monoisotopic (exact) mass is 230 g/mol. The number of benzene rings is 1. The quantitative estimate of drug-likeness (QED) is 0.878. The van der Waals surface area contributed by atoms with Crippen LogP contribution in [-0.2, 0) is 4.74 Å². The predicted octanol–water partition coefficient (Wildman–Crippen LogP) is 2.66. The number of nitrogens with two attached hydrogens (primary N) is 1. The van der Waals surface area contributed by atoms with Gasteiger partial charge in [-0.3, -0.25) is 4.98 Å². The van der Waals surface area contributed by atoms with Crippen molar-refractivity contribution >= 4 is 10.9 Å². The lowest BCUT2D eigenvalue weighted by Crippen LogP contribution is -2.18. The highest BCUT2D eigenvalue weighted by Crippen LogP contribution is 2.21. The first-order valence-corrected chi connectivity index (χ1v) is 5.83. The molecule has 0 spiro atoms. The van der Waals surface area contributed by atoms with E-state index in [-0.39, 0.29) is 12.1 Å². The first-order valence-electron chi connectivity index (χ1n) is 5.83. The predicted molar refractivity (Wildman–Crippen MR) is 69.8 cm³/mol. The highest BCUT2D eigenvalue weighted by atomic mass is 16.5. The van der Waals surface area contributed by atoms with E-state index in [1.807, 2.05) is 25.1 Å². The third kappa shape index (κ3) is 2.81. The van der Waals surface area contributed by atoms with Crippen LogP contribution in [0.1, 0.15) is 24.9 Å². The van der Waals surface area contributed by atoms with E-state index in [9.17, 15) is 0 Å². The molecule has 0 aliphatic heterocycles. The van der Waals surface area contributed by atoms with E-state index in [1.165, 1.54) is 0 Å². The van der Waals surface area contributed by atoms with Gasteiger partial charge >= 0.3 is 0 Å². The Morgan fingerprint density at radius 2 is 2.18 bits per heavy atom. The second kappa shape index (κ2) is 5.25. The van der Waals surface area contributed by atoms with Crippen LogP contribution in [0.4, 0.5) is 0 Å². The molecule has 0 bridgehead atoms. The third-order valence-electron chi connectivity index (χ3n) is 3.04. The smallest absolute Gasteiger partial charge is 0.0702 e. The van der Waals surface area contributed by atoms with Crippen LogP contribution in [0.3, 0.4) is 0 Å². The maximum atomic E-state index is 6.16. The lowest BCUT2D eigenvalue weighted by molar-refractivity contribution is 0.105. The van der Waals surface area contributed by atoms with Crippen LogP contribution in [0.2, 0.25) is 0 Å². The minimum absolute atomic E-state index is 0.00885. The zero-order chi connectivity index (χ0) is 12.3. The zero-order valence-electron chi connectivity index (χ0n) is 10.3. The SMILES string of the molecule is COC(C)CC(N)c1ccc2ncccc2c1. The Hall–Kier alpha value is -1.45. The Labute approximate surface area is 102 Å². The van der Waals surface area contributed by atoms with Gasteiger partial charge in [0.15, 0.2) is 0 Å². The molecule has 0 aliphatic rings. The maximum absolute atomic E-state index is 6.16. The molecule has 3 heteroatoms. The van der Waals surface area contributed by atoms with Crippen molar-refractivity contribution in [3.05, 3.63) is 42.1 Å². The highest BCUT2D eigenvalue weighted by molar-refractivity contribution is 5.79. The van der Waals surface area contributed by atoms with Crippen molar-refractivity contribution in [1.29, 1.82) is 0 Å². The molecule has 2 aromatic rings. The first kappa shape index (κ1) is 12.0. The van der Waals surface area contributed by atoms with Crippen LogP contribution >= 0.6 is 0 Å². The van der Waals surface area contributed by atoms with E-state index in [2.05, 4.69) is 17.1 Å². The van der Waals surface area contributed by atoms with Gasteiger partial charge < -0.3 is 10.5 Å². The van der Waals surface area contributed by atoms with Crippen LogP contribution in [0.5, 0.6) is 0 Å². The van der Waals surface area contributed by atoms with Crippen LogP contribution < -0.4 is 5.73 Å². The molecular formula is C14H18N2O. The van der Waals surface area contributed by atoms with Crippen LogP contribution in [-0.4, -0.2) is 18.2 Å². The van der Waals surface area contributed by atoms with Gasteiger partial charge in [-0.2, -0.15) is 0 Å². The number of methoxy groups -OCH3 is 1. The van der Waals surface area contributed by atoms with Crippen molar-refractivity contribution in [3.8, 4) is 0 Å². The van der Waals surface area contributed by atoms with Gasteiger partial charge in [-0.05, 0) is 37.1 Å². The molecule has 90 valence electrons. The van der Waals surface area contributed by atoms with Crippen molar-refractivity contribution in [2.45, 2.75) is 25.5 Å². The second-order valence-electron chi connectivity index (χ2n) is 4.34. The van der Waals surface area contributed by atoms with E-state index in [4.69, 9.17) is 10.5 Å². The molecule has 0 saturated carbocycles. The van der Waals surface area contributed by atoms with Gasteiger partial charge in [0.2, 0.25) is 0 Å². The molecule has 2 atom stereocenters. The average molecular weight is 230 g/mol. The Bertz CT molecular complexity index is 498. The minimum Gasteiger partial charge on any atom is -0.382 e. The number of fused-ring (bicyclic) bond motifs is 1. The summed E-state index contributed by atoms with van der Waals surface area (Å²) in [6.07, 6.45) is 2.80. The molecule has 1 aromatic carbocycles. The lowest BCUT2D eigenvalue weighted by Gasteiger charge is -2.16. The summed E-state index contributed by atoms with van der Waals surface area (Å²) in [5.41, 5.74) is 8.30. The number of hydrogen-bond donors (Lipinski definition) is 1. The van der Waals surface area contributed by atoms with Crippen LogP contribution in [0, 0.1) is 0 Å². The summed E-state index contributed by atoms with van der Waals surface area (Å²) in [7, 11) is 1.71.